The number of rotatable bonds is 10. The number of anilines is 2. The number of allylic oxidation sites excluding steroid dienone is 2. The molecule has 2 aromatic heterocycles. The van der Waals surface area contributed by atoms with Gasteiger partial charge in [0.25, 0.3) is 11.8 Å². The van der Waals surface area contributed by atoms with Crippen LogP contribution in [0.4, 0.5) is 20.9 Å². The maximum absolute atomic E-state index is 14.2. The van der Waals surface area contributed by atoms with Crippen molar-refractivity contribution in [2.24, 2.45) is 17.4 Å². The van der Waals surface area contributed by atoms with Gasteiger partial charge in [-0.15, -0.1) is 5.10 Å². The number of hydrogen-bond donors (Lipinski definition) is 3. The Bertz CT molecular complexity index is 2120. The molecular weight excluding hydrogens is 691 g/mol. The van der Waals surface area contributed by atoms with E-state index in [4.69, 9.17) is 30.3 Å². The van der Waals surface area contributed by atoms with E-state index in [1.54, 1.807) is 30.3 Å². The van der Waals surface area contributed by atoms with Crippen LogP contribution in [0.3, 0.4) is 0 Å². The lowest BCUT2D eigenvalue weighted by molar-refractivity contribution is 0.102. The fraction of sp³-hybridized carbons (Fsp3) is 0.375. The highest BCUT2D eigenvalue weighted by atomic mass is 19.1. The maximum Gasteiger partial charge on any atom is 0.424 e. The average molecular weight is 737 g/mol. The molecular formula is C40H45FN8O5. The molecule has 3 aliphatic rings. The van der Waals surface area contributed by atoms with E-state index in [-0.39, 0.29) is 35.8 Å². The van der Waals surface area contributed by atoms with E-state index < -0.39 is 23.4 Å². The van der Waals surface area contributed by atoms with Gasteiger partial charge in [-0.05, 0) is 101 Å². The molecule has 0 unspecified atom stereocenters. The highest BCUT2D eigenvalue weighted by molar-refractivity contribution is 6.04. The maximum atomic E-state index is 14.2. The first kappa shape index (κ1) is 36.7. The lowest BCUT2D eigenvalue weighted by Crippen LogP contribution is -2.49. The van der Waals surface area contributed by atoms with Crippen molar-refractivity contribution in [2.45, 2.75) is 57.9 Å². The summed E-state index contributed by atoms with van der Waals surface area (Å²) < 4.78 is 31.8. The van der Waals surface area contributed by atoms with Crippen molar-refractivity contribution >= 4 is 23.7 Å². The molecule has 0 spiro atoms. The molecule has 2 amide bonds. The molecule has 7 rings (SSSR count). The quantitative estimate of drug-likeness (QED) is 0.155. The fourth-order valence-corrected chi connectivity index (χ4v) is 7.97. The monoisotopic (exact) mass is 736 g/mol. The van der Waals surface area contributed by atoms with Gasteiger partial charge in [0.15, 0.2) is 0 Å². The number of carbonyl (C=O) groups excluding carboxylic acids is 2. The number of piperidine rings is 1. The Morgan fingerprint density at radius 3 is 2.67 bits per heavy atom. The standard InChI is InChI=1S/C40H45FN8O5/c1-24-20-26-21-32-30(40(43,23-24)35(26)25(2)42)14-15-34(45-32)53-39(51)49(19-9-18-48-16-7-4-8-17-48)38-47-46-37(54-38)29-13-12-27(22-33(29)52-3)44-36(50)28-10-5-6-11-31(28)41/h5-6,10-15,20,22,26H,4,7-9,16-19,21,23,42-43H2,1-3H3,(H,44,50)/b35-25-/t26-,40-/m1/s1. The molecule has 3 heterocycles. The number of hydrogen-bond acceptors (Lipinski definition) is 11. The number of nitrogens with one attached hydrogen (secondary N) is 1. The summed E-state index contributed by atoms with van der Waals surface area (Å²) >= 11 is 0. The van der Waals surface area contributed by atoms with Crippen molar-refractivity contribution < 1.29 is 27.9 Å². The first-order valence-electron chi connectivity index (χ1n) is 18.3. The Morgan fingerprint density at radius 1 is 1.11 bits per heavy atom. The first-order valence-corrected chi connectivity index (χ1v) is 18.3. The number of methoxy groups -OCH3 is 1. The van der Waals surface area contributed by atoms with Crippen LogP contribution in [0, 0.1) is 11.7 Å². The van der Waals surface area contributed by atoms with Crippen LogP contribution >= 0.6 is 0 Å². The van der Waals surface area contributed by atoms with Gasteiger partial charge in [0.1, 0.15) is 11.6 Å². The second kappa shape index (κ2) is 15.4. The third kappa shape index (κ3) is 7.44. The number of nitrogens with zero attached hydrogens (tertiary/aromatic N) is 5. The molecule has 0 saturated carbocycles. The van der Waals surface area contributed by atoms with Crippen LogP contribution in [0.1, 0.15) is 67.6 Å². The molecule has 5 N–H and O–H groups in total. The second-order valence-electron chi connectivity index (χ2n) is 14.2. The zero-order valence-electron chi connectivity index (χ0n) is 30.7. The molecule has 2 bridgehead atoms. The largest absolute Gasteiger partial charge is 0.496 e. The van der Waals surface area contributed by atoms with Crippen LogP contribution in [0.25, 0.3) is 11.5 Å². The van der Waals surface area contributed by atoms with E-state index in [0.717, 1.165) is 49.3 Å². The molecule has 0 radical (unpaired) electrons. The van der Waals surface area contributed by atoms with Gasteiger partial charge < -0.3 is 35.6 Å². The summed E-state index contributed by atoms with van der Waals surface area (Å²) in [4.78, 5) is 35.1. The van der Waals surface area contributed by atoms with E-state index in [1.807, 2.05) is 13.0 Å². The van der Waals surface area contributed by atoms with Crippen LogP contribution in [0.2, 0.25) is 0 Å². The van der Waals surface area contributed by atoms with E-state index >= 15 is 0 Å². The van der Waals surface area contributed by atoms with Crippen molar-refractivity contribution in [3.63, 3.8) is 0 Å². The van der Waals surface area contributed by atoms with E-state index in [1.165, 1.54) is 42.2 Å². The Labute approximate surface area is 313 Å². The van der Waals surface area contributed by atoms with Gasteiger partial charge in [-0.1, -0.05) is 35.3 Å². The minimum Gasteiger partial charge on any atom is -0.496 e. The Kier molecular flexibility index (Phi) is 10.5. The smallest absolute Gasteiger partial charge is 0.424 e. The van der Waals surface area contributed by atoms with Crippen LogP contribution in [-0.2, 0) is 12.0 Å². The number of ether oxygens (including phenoxy) is 2. The molecule has 2 aliphatic carbocycles. The van der Waals surface area contributed by atoms with E-state index in [9.17, 15) is 14.0 Å². The fourth-order valence-electron chi connectivity index (χ4n) is 7.97. The zero-order valence-corrected chi connectivity index (χ0v) is 30.7. The predicted molar refractivity (Wildman–Crippen MR) is 201 cm³/mol. The summed E-state index contributed by atoms with van der Waals surface area (Å²) in [5.41, 5.74) is 17.9. The van der Waals surface area contributed by atoms with Gasteiger partial charge in [0, 0.05) is 42.4 Å². The van der Waals surface area contributed by atoms with Crippen molar-refractivity contribution in [1.29, 1.82) is 0 Å². The summed E-state index contributed by atoms with van der Waals surface area (Å²) in [6.45, 7) is 7.04. The molecule has 1 fully saturated rings. The number of nitrogens with two attached hydrogens (primary N) is 2. The van der Waals surface area contributed by atoms with Crippen LogP contribution in [-0.4, -0.2) is 65.4 Å². The third-order valence-electron chi connectivity index (χ3n) is 10.3. The van der Waals surface area contributed by atoms with Gasteiger partial charge in [0.2, 0.25) is 5.88 Å². The topological polar surface area (TPSA) is 175 Å². The molecule has 13 nitrogen and oxygen atoms in total. The van der Waals surface area contributed by atoms with Crippen molar-refractivity contribution in [1.82, 2.24) is 20.1 Å². The van der Waals surface area contributed by atoms with Gasteiger partial charge >= 0.3 is 12.1 Å². The number of benzene rings is 2. The van der Waals surface area contributed by atoms with Gasteiger partial charge in [0.05, 0.1) is 29.5 Å². The van der Waals surface area contributed by atoms with Crippen molar-refractivity contribution in [3.05, 3.63) is 100 Å². The number of aromatic nitrogens is 3. The number of carbonyl (C=O) groups is 2. The first-order chi connectivity index (χ1) is 26.0. The summed E-state index contributed by atoms with van der Waals surface area (Å²) in [6.07, 6.45) is 6.85. The third-order valence-corrected chi connectivity index (χ3v) is 10.3. The summed E-state index contributed by atoms with van der Waals surface area (Å²) in [7, 11) is 1.46. The molecule has 1 aliphatic heterocycles. The Balaban J connectivity index is 1.12. The SMILES string of the molecule is COc1cc(NC(=O)c2ccccc2F)ccc1-c1nnc(N(CCCN2CCCCC2)C(=O)Oc2ccc3c(n2)C[C@H]2C=C(C)C[C@]3(N)/C2=C(/C)N)o1. The predicted octanol–water partition coefficient (Wildman–Crippen LogP) is 6.32. The summed E-state index contributed by atoms with van der Waals surface area (Å²) in [5, 5.41) is 11.2. The number of pyridine rings is 1. The van der Waals surface area contributed by atoms with Crippen LogP contribution < -0.4 is 31.2 Å². The van der Waals surface area contributed by atoms with E-state index in [2.05, 4.69) is 33.4 Å². The molecule has 4 aromatic rings. The average Bonchev–Trinajstić information content (AvgIpc) is 3.62. The Morgan fingerprint density at radius 2 is 1.91 bits per heavy atom. The molecule has 2 atom stereocenters. The molecule has 2 aromatic carbocycles. The lowest BCUT2D eigenvalue weighted by atomic mass is 9.63. The lowest BCUT2D eigenvalue weighted by Gasteiger charge is -2.45. The molecule has 1 saturated heterocycles. The summed E-state index contributed by atoms with van der Waals surface area (Å²) in [6, 6.07) is 14.0. The normalized spacial score (nSPS) is 20.4. The van der Waals surface area contributed by atoms with E-state index in [0.29, 0.717) is 42.0 Å². The van der Waals surface area contributed by atoms with Crippen molar-refractivity contribution in [2.75, 3.05) is 43.5 Å². The van der Waals surface area contributed by atoms with Gasteiger partial charge in [-0.3, -0.25) is 4.79 Å². The highest BCUT2D eigenvalue weighted by Gasteiger charge is 2.45. The van der Waals surface area contributed by atoms with Crippen LogP contribution in [0.5, 0.6) is 11.6 Å². The van der Waals surface area contributed by atoms with Crippen molar-refractivity contribution in [3.8, 4) is 23.1 Å². The molecule has 54 heavy (non-hydrogen) atoms. The number of likely N-dealkylation sites (tertiary alicyclic amines) is 1. The Hall–Kier alpha value is -5.60. The minimum absolute atomic E-state index is 0.0111. The molecule has 14 heteroatoms. The number of fused-ring (bicyclic) bond motifs is 4. The summed E-state index contributed by atoms with van der Waals surface area (Å²) in [5.74, 6) is -0.711. The zero-order chi connectivity index (χ0) is 38.0. The highest BCUT2D eigenvalue weighted by Crippen LogP contribution is 2.49. The van der Waals surface area contributed by atoms with Crippen LogP contribution in [0.15, 0.2) is 81.9 Å². The number of halogens is 1. The molecule has 282 valence electrons. The van der Waals surface area contributed by atoms with Gasteiger partial charge in [-0.2, -0.15) is 0 Å². The minimum atomic E-state index is -0.781. The second-order valence-corrected chi connectivity index (χ2v) is 14.2. The van der Waals surface area contributed by atoms with Gasteiger partial charge in [-0.25, -0.2) is 19.1 Å². The number of amides is 2.